The first-order valence-corrected chi connectivity index (χ1v) is 12.4. The third-order valence-electron chi connectivity index (χ3n) is 7.43. The summed E-state index contributed by atoms with van der Waals surface area (Å²) in [6.45, 7) is 7.34. The molecule has 0 aliphatic carbocycles. The van der Waals surface area contributed by atoms with E-state index in [1.165, 1.54) is 11.3 Å². The summed E-state index contributed by atoms with van der Waals surface area (Å²) in [4.78, 5) is 33.0. The molecule has 0 radical (unpaired) electrons. The number of fused-ring (bicyclic) bond motifs is 3. The summed E-state index contributed by atoms with van der Waals surface area (Å²) in [6, 6.07) is 18.5. The van der Waals surface area contributed by atoms with Gasteiger partial charge in [0.1, 0.15) is 0 Å². The number of piperazine rings is 1. The average Bonchev–Trinajstić information content (AvgIpc) is 2.89. The molecular formula is C27H34N4O3. The number of amides is 2. The molecule has 2 aromatic rings. The Balaban J connectivity index is 1.32. The van der Waals surface area contributed by atoms with Crippen LogP contribution in [0.2, 0.25) is 0 Å². The Kier molecular flexibility index (Phi) is 6.83. The van der Waals surface area contributed by atoms with Gasteiger partial charge in [-0.1, -0.05) is 48.5 Å². The summed E-state index contributed by atoms with van der Waals surface area (Å²) in [7, 11) is 0. The van der Waals surface area contributed by atoms with Gasteiger partial charge < -0.3 is 19.9 Å². The number of carbonyl (C=O) groups excluding carboxylic acids is 2. The summed E-state index contributed by atoms with van der Waals surface area (Å²) >= 11 is 0. The van der Waals surface area contributed by atoms with E-state index in [0.29, 0.717) is 39.4 Å². The van der Waals surface area contributed by atoms with Gasteiger partial charge in [0, 0.05) is 38.4 Å². The third kappa shape index (κ3) is 4.81. The van der Waals surface area contributed by atoms with Crippen molar-refractivity contribution in [2.75, 3.05) is 57.4 Å². The van der Waals surface area contributed by atoms with E-state index < -0.39 is 0 Å². The first-order chi connectivity index (χ1) is 16.6. The topological polar surface area (TPSA) is 65.1 Å². The highest BCUT2D eigenvalue weighted by Gasteiger charge is 2.42. The molecule has 2 aromatic carbocycles. The highest BCUT2D eigenvalue weighted by atomic mass is 16.5. The molecule has 0 saturated carbocycles. The summed E-state index contributed by atoms with van der Waals surface area (Å²) in [5.74, 6) is 0.0798. The monoisotopic (exact) mass is 462 g/mol. The molecule has 3 aliphatic rings. The molecule has 2 fully saturated rings. The van der Waals surface area contributed by atoms with Crippen LogP contribution in [0.25, 0.3) is 0 Å². The number of anilines is 1. The van der Waals surface area contributed by atoms with Gasteiger partial charge >= 0.3 is 0 Å². The van der Waals surface area contributed by atoms with Crippen molar-refractivity contribution < 1.29 is 14.3 Å². The molecule has 7 nitrogen and oxygen atoms in total. The molecule has 2 saturated heterocycles. The van der Waals surface area contributed by atoms with Gasteiger partial charge in [0.05, 0.1) is 37.8 Å². The molecule has 0 spiro atoms. The van der Waals surface area contributed by atoms with E-state index >= 15 is 0 Å². The van der Waals surface area contributed by atoms with E-state index in [4.69, 9.17) is 4.74 Å². The molecule has 1 N–H and O–H groups in total. The van der Waals surface area contributed by atoms with Crippen molar-refractivity contribution in [1.82, 2.24) is 15.1 Å². The number of rotatable bonds is 5. The lowest BCUT2D eigenvalue weighted by molar-refractivity contribution is -0.136. The molecular weight excluding hydrogens is 428 g/mol. The smallest absolute Gasteiger partial charge is 0.236 e. The molecule has 3 heterocycles. The van der Waals surface area contributed by atoms with Crippen molar-refractivity contribution in [3.8, 4) is 0 Å². The zero-order valence-electron chi connectivity index (χ0n) is 19.9. The fraction of sp³-hybridized carbons (Fsp3) is 0.481. The van der Waals surface area contributed by atoms with E-state index in [2.05, 4.69) is 39.4 Å². The van der Waals surface area contributed by atoms with Crippen LogP contribution in [0.5, 0.6) is 0 Å². The van der Waals surface area contributed by atoms with Crippen molar-refractivity contribution in [1.29, 1.82) is 0 Å². The standard InChI is InChI=1S/C27H34N4O3/c1-20(21-7-3-2-4-8-21)28-27(33)23-17-22-9-5-6-10-24(22)31-12-11-29(18-25(23)31)19-26(32)30-13-15-34-16-14-30/h2-10,20,23,25H,11-19H2,1H3,(H,28,33). The van der Waals surface area contributed by atoms with Gasteiger partial charge in [-0.2, -0.15) is 0 Å². The van der Waals surface area contributed by atoms with Crippen LogP contribution in [-0.4, -0.2) is 80.1 Å². The fourth-order valence-corrected chi connectivity index (χ4v) is 5.51. The SMILES string of the molecule is CC(NC(=O)C1Cc2ccccc2N2CCN(CC(=O)N3CCOCC3)CC12)c1ccccc1. The molecule has 2 amide bonds. The summed E-state index contributed by atoms with van der Waals surface area (Å²) < 4.78 is 5.39. The Bertz CT molecular complexity index is 1010. The van der Waals surface area contributed by atoms with Gasteiger partial charge in [-0.05, 0) is 30.5 Å². The van der Waals surface area contributed by atoms with Gasteiger partial charge in [0.25, 0.3) is 0 Å². The highest BCUT2D eigenvalue weighted by Crippen LogP contribution is 2.36. The van der Waals surface area contributed by atoms with E-state index in [1.54, 1.807) is 0 Å². The van der Waals surface area contributed by atoms with Crippen molar-refractivity contribution in [2.45, 2.75) is 25.4 Å². The van der Waals surface area contributed by atoms with Gasteiger partial charge in [-0.3, -0.25) is 14.5 Å². The Morgan fingerprint density at radius 3 is 2.53 bits per heavy atom. The first kappa shape index (κ1) is 22.9. The largest absolute Gasteiger partial charge is 0.378 e. The van der Waals surface area contributed by atoms with Crippen molar-refractivity contribution >= 4 is 17.5 Å². The zero-order valence-corrected chi connectivity index (χ0v) is 19.9. The first-order valence-electron chi connectivity index (χ1n) is 12.4. The van der Waals surface area contributed by atoms with Crippen LogP contribution >= 0.6 is 0 Å². The van der Waals surface area contributed by atoms with Crippen molar-refractivity contribution in [3.05, 3.63) is 65.7 Å². The minimum absolute atomic E-state index is 0.0455. The molecule has 34 heavy (non-hydrogen) atoms. The minimum atomic E-state index is -0.164. The number of nitrogens with zero attached hydrogens (tertiary/aromatic N) is 3. The molecule has 5 rings (SSSR count). The normalized spacial score (nSPS) is 23.6. The predicted octanol–water partition coefficient (Wildman–Crippen LogP) is 2.09. The lowest BCUT2D eigenvalue weighted by Crippen LogP contribution is -2.62. The molecule has 0 bridgehead atoms. The second-order valence-corrected chi connectivity index (χ2v) is 9.57. The van der Waals surface area contributed by atoms with Crippen LogP contribution in [0, 0.1) is 5.92 Å². The molecule has 3 aliphatic heterocycles. The van der Waals surface area contributed by atoms with Crippen molar-refractivity contribution in [2.24, 2.45) is 5.92 Å². The van der Waals surface area contributed by atoms with Gasteiger partial charge in [-0.15, -0.1) is 0 Å². The molecule has 180 valence electrons. The number of nitrogens with one attached hydrogen (secondary N) is 1. The lowest BCUT2D eigenvalue weighted by atomic mass is 9.83. The summed E-state index contributed by atoms with van der Waals surface area (Å²) in [5.41, 5.74) is 3.56. The Labute approximate surface area is 201 Å². The number of carbonyl (C=O) groups is 2. The molecule has 0 aromatic heterocycles. The van der Waals surface area contributed by atoms with Crippen LogP contribution in [-0.2, 0) is 20.7 Å². The lowest BCUT2D eigenvalue weighted by Gasteiger charge is -2.49. The van der Waals surface area contributed by atoms with E-state index in [-0.39, 0.29) is 29.8 Å². The second-order valence-electron chi connectivity index (χ2n) is 9.57. The molecule has 7 heteroatoms. The van der Waals surface area contributed by atoms with E-state index in [0.717, 1.165) is 25.1 Å². The second kappa shape index (κ2) is 10.2. The van der Waals surface area contributed by atoms with Gasteiger partial charge in [0.2, 0.25) is 11.8 Å². The third-order valence-corrected chi connectivity index (χ3v) is 7.43. The highest BCUT2D eigenvalue weighted by molar-refractivity contribution is 5.83. The Hall–Kier alpha value is -2.90. The van der Waals surface area contributed by atoms with Crippen molar-refractivity contribution in [3.63, 3.8) is 0 Å². The van der Waals surface area contributed by atoms with Crippen LogP contribution < -0.4 is 10.2 Å². The Morgan fingerprint density at radius 1 is 1.00 bits per heavy atom. The molecule has 3 unspecified atom stereocenters. The quantitative estimate of drug-likeness (QED) is 0.737. The number of ether oxygens (including phenoxy) is 1. The maximum Gasteiger partial charge on any atom is 0.236 e. The fourth-order valence-electron chi connectivity index (χ4n) is 5.51. The van der Waals surface area contributed by atoms with Crippen LogP contribution in [0.1, 0.15) is 24.1 Å². The number of para-hydroxylation sites is 1. The number of morpholine rings is 1. The van der Waals surface area contributed by atoms with Crippen LogP contribution in [0.4, 0.5) is 5.69 Å². The maximum atomic E-state index is 13.6. The maximum absolute atomic E-state index is 13.6. The van der Waals surface area contributed by atoms with E-state index in [9.17, 15) is 9.59 Å². The van der Waals surface area contributed by atoms with E-state index in [1.807, 2.05) is 42.2 Å². The number of hydrogen-bond acceptors (Lipinski definition) is 5. The van der Waals surface area contributed by atoms with Gasteiger partial charge in [-0.25, -0.2) is 0 Å². The molecule has 3 atom stereocenters. The minimum Gasteiger partial charge on any atom is -0.378 e. The van der Waals surface area contributed by atoms with Gasteiger partial charge in [0.15, 0.2) is 0 Å². The van der Waals surface area contributed by atoms with Crippen LogP contribution in [0.3, 0.4) is 0 Å². The predicted molar refractivity (Wildman–Crippen MR) is 132 cm³/mol. The number of hydrogen-bond donors (Lipinski definition) is 1. The summed E-state index contributed by atoms with van der Waals surface area (Å²) in [6.07, 6.45) is 0.718. The zero-order chi connectivity index (χ0) is 23.5. The average molecular weight is 463 g/mol. The Morgan fingerprint density at radius 2 is 1.74 bits per heavy atom. The van der Waals surface area contributed by atoms with Crippen LogP contribution in [0.15, 0.2) is 54.6 Å². The number of benzene rings is 2. The summed E-state index contributed by atoms with van der Waals surface area (Å²) in [5, 5.41) is 3.26.